The van der Waals surface area contributed by atoms with Gasteiger partial charge in [0.15, 0.2) is 6.10 Å². The monoisotopic (exact) mass is 269 g/mol. The highest BCUT2D eigenvalue weighted by atomic mass is 32.1. The van der Waals surface area contributed by atoms with Crippen LogP contribution in [0.4, 0.5) is 4.39 Å². The number of nitrogens with zero attached hydrogens (tertiary/aromatic N) is 1. The molecule has 1 aromatic carbocycles. The summed E-state index contributed by atoms with van der Waals surface area (Å²) in [6.45, 7) is 3.58. The highest BCUT2D eigenvalue weighted by molar-refractivity contribution is 7.20. The van der Waals surface area contributed by atoms with Gasteiger partial charge < -0.3 is 9.47 Å². The maximum atomic E-state index is 13.4. The lowest BCUT2D eigenvalue weighted by atomic mass is 10.3. The van der Waals surface area contributed by atoms with Crippen molar-refractivity contribution in [1.82, 2.24) is 4.98 Å². The van der Waals surface area contributed by atoms with Crippen LogP contribution in [-0.4, -0.2) is 23.7 Å². The second-order valence-electron chi connectivity index (χ2n) is 3.58. The van der Waals surface area contributed by atoms with Crippen molar-refractivity contribution in [1.29, 1.82) is 0 Å². The molecule has 1 aromatic heterocycles. The quantitative estimate of drug-likeness (QED) is 0.801. The van der Waals surface area contributed by atoms with Crippen LogP contribution in [-0.2, 0) is 9.53 Å². The number of hydrogen-bond donors (Lipinski definition) is 0. The summed E-state index contributed by atoms with van der Waals surface area (Å²) in [6, 6.07) is 4.69. The van der Waals surface area contributed by atoms with E-state index in [1.165, 1.54) is 17.4 Å². The summed E-state index contributed by atoms with van der Waals surface area (Å²) in [7, 11) is 0. The van der Waals surface area contributed by atoms with Crippen molar-refractivity contribution >= 4 is 27.5 Å². The van der Waals surface area contributed by atoms with Gasteiger partial charge in [0.1, 0.15) is 11.3 Å². The molecule has 18 heavy (non-hydrogen) atoms. The van der Waals surface area contributed by atoms with E-state index in [1.807, 2.05) is 0 Å². The van der Waals surface area contributed by atoms with E-state index >= 15 is 0 Å². The van der Waals surface area contributed by atoms with Crippen molar-refractivity contribution in [2.45, 2.75) is 20.0 Å². The third-order valence-corrected chi connectivity index (χ3v) is 3.16. The molecule has 4 nitrogen and oxygen atoms in total. The summed E-state index contributed by atoms with van der Waals surface area (Å²) in [5.41, 5.74) is 0.258. The summed E-state index contributed by atoms with van der Waals surface area (Å²) in [5, 5.41) is 0.260. The van der Waals surface area contributed by atoms with Crippen LogP contribution in [0.25, 0.3) is 10.2 Å². The van der Waals surface area contributed by atoms with Gasteiger partial charge in [0, 0.05) is 0 Å². The standard InChI is InChI=1S/C12H12FNO3S/c1-3-16-11(15)7(2)17-12-14-10-8(13)5-4-6-9(10)18-12/h4-7H,3H2,1-2H3. The Morgan fingerprint density at radius 1 is 1.56 bits per heavy atom. The average Bonchev–Trinajstić information content (AvgIpc) is 2.73. The van der Waals surface area contributed by atoms with Crippen molar-refractivity contribution < 1.29 is 18.7 Å². The number of hydrogen-bond acceptors (Lipinski definition) is 5. The van der Waals surface area contributed by atoms with E-state index in [2.05, 4.69) is 4.98 Å². The maximum Gasteiger partial charge on any atom is 0.347 e. The maximum absolute atomic E-state index is 13.4. The first-order valence-electron chi connectivity index (χ1n) is 5.50. The molecular formula is C12H12FNO3S. The fourth-order valence-electron chi connectivity index (χ4n) is 1.40. The fraction of sp³-hybridized carbons (Fsp3) is 0.333. The number of aromatic nitrogens is 1. The number of ether oxygens (including phenoxy) is 2. The Hall–Kier alpha value is -1.69. The van der Waals surface area contributed by atoms with Crippen LogP contribution < -0.4 is 4.74 Å². The number of para-hydroxylation sites is 1. The van der Waals surface area contributed by atoms with Gasteiger partial charge >= 0.3 is 5.97 Å². The summed E-state index contributed by atoms with van der Waals surface area (Å²) in [6.07, 6.45) is -0.756. The van der Waals surface area contributed by atoms with Crippen molar-refractivity contribution in [3.63, 3.8) is 0 Å². The minimum atomic E-state index is -0.756. The molecule has 0 bridgehead atoms. The molecule has 0 saturated heterocycles. The number of rotatable bonds is 4. The van der Waals surface area contributed by atoms with Gasteiger partial charge in [-0.1, -0.05) is 17.4 Å². The molecule has 0 aliphatic heterocycles. The van der Waals surface area contributed by atoms with Gasteiger partial charge in [0.05, 0.1) is 11.3 Å². The largest absolute Gasteiger partial charge is 0.463 e. The van der Waals surface area contributed by atoms with Gasteiger partial charge in [-0.3, -0.25) is 0 Å². The Morgan fingerprint density at radius 2 is 2.33 bits per heavy atom. The molecular weight excluding hydrogens is 257 g/mol. The first-order valence-corrected chi connectivity index (χ1v) is 6.31. The van der Waals surface area contributed by atoms with E-state index in [0.29, 0.717) is 11.3 Å². The topological polar surface area (TPSA) is 48.4 Å². The van der Waals surface area contributed by atoms with Crippen LogP contribution in [0.15, 0.2) is 18.2 Å². The van der Waals surface area contributed by atoms with E-state index in [1.54, 1.807) is 26.0 Å². The van der Waals surface area contributed by atoms with E-state index in [4.69, 9.17) is 9.47 Å². The fourth-order valence-corrected chi connectivity index (χ4v) is 2.31. The third-order valence-electron chi connectivity index (χ3n) is 2.25. The Bertz CT molecular complexity index is 569. The highest BCUT2D eigenvalue weighted by Gasteiger charge is 2.18. The number of fused-ring (bicyclic) bond motifs is 1. The Balaban J connectivity index is 2.17. The number of benzene rings is 1. The average molecular weight is 269 g/mol. The summed E-state index contributed by atoms with van der Waals surface area (Å²) < 4.78 is 24.2. The molecule has 6 heteroatoms. The summed E-state index contributed by atoms with van der Waals surface area (Å²) in [4.78, 5) is 15.4. The smallest absolute Gasteiger partial charge is 0.347 e. The molecule has 0 fully saturated rings. The first kappa shape index (κ1) is 12.8. The molecule has 1 atom stereocenters. The van der Waals surface area contributed by atoms with E-state index in [0.717, 1.165) is 0 Å². The SMILES string of the molecule is CCOC(=O)C(C)Oc1nc2c(F)cccc2s1. The first-order chi connectivity index (χ1) is 8.61. The molecule has 0 aliphatic rings. The van der Waals surface area contributed by atoms with Crippen molar-refractivity contribution in [2.75, 3.05) is 6.61 Å². The lowest BCUT2D eigenvalue weighted by molar-refractivity contribution is -0.150. The van der Waals surface area contributed by atoms with Crippen LogP contribution in [0.3, 0.4) is 0 Å². The van der Waals surface area contributed by atoms with Gasteiger partial charge in [-0.2, -0.15) is 4.98 Å². The predicted molar refractivity (Wildman–Crippen MR) is 66.3 cm³/mol. The zero-order valence-electron chi connectivity index (χ0n) is 9.97. The van der Waals surface area contributed by atoms with Crippen molar-refractivity contribution in [3.05, 3.63) is 24.0 Å². The number of carbonyl (C=O) groups is 1. The van der Waals surface area contributed by atoms with Crippen LogP contribution in [0.1, 0.15) is 13.8 Å². The zero-order chi connectivity index (χ0) is 13.1. The Kier molecular flexibility index (Phi) is 3.76. The molecule has 0 saturated carbocycles. The second-order valence-corrected chi connectivity index (χ2v) is 4.57. The van der Waals surface area contributed by atoms with Crippen LogP contribution in [0, 0.1) is 5.82 Å². The molecule has 2 aromatic rings. The molecule has 1 unspecified atom stereocenters. The van der Waals surface area contributed by atoms with Crippen molar-refractivity contribution in [3.8, 4) is 5.19 Å². The number of esters is 1. The van der Waals surface area contributed by atoms with Gasteiger partial charge in [-0.25, -0.2) is 9.18 Å². The van der Waals surface area contributed by atoms with Gasteiger partial charge in [-0.15, -0.1) is 0 Å². The molecule has 2 rings (SSSR count). The van der Waals surface area contributed by atoms with Gasteiger partial charge in [0.2, 0.25) is 0 Å². The number of thiazole rings is 1. The normalized spacial score (nSPS) is 12.4. The minimum absolute atomic E-state index is 0.258. The van der Waals surface area contributed by atoms with Gasteiger partial charge in [0.25, 0.3) is 5.19 Å². The van der Waals surface area contributed by atoms with Crippen molar-refractivity contribution in [2.24, 2.45) is 0 Å². The second kappa shape index (κ2) is 5.30. The minimum Gasteiger partial charge on any atom is -0.463 e. The molecule has 1 heterocycles. The van der Waals surface area contributed by atoms with Crippen LogP contribution in [0.2, 0.25) is 0 Å². The highest BCUT2D eigenvalue weighted by Crippen LogP contribution is 2.29. The predicted octanol–water partition coefficient (Wildman–Crippen LogP) is 2.77. The molecule has 0 aliphatic carbocycles. The van der Waals surface area contributed by atoms with E-state index in [9.17, 15) is 9.18 Å². The van der Waals surface area contributed by atoms with Crippen LogP contribution in [0.5, 0.6) is 5.19 Å². The molecule has 0 amide bonds. The summed E-state index contributed by atoms with van der Waals surface area (Å²) in [5.74, 6) is -0.861. The Labute approximate surface area is 107 Å². The third kappa shape index (κ3) is 2.59. The molecule has 0 radical (unpaired) electrons. The molecule has 96 valence electrons. The van der Waals surface area contributed by atoms with E-state index < -0.39 is 17.9 Å². The van der Waals surface area contributed by atoms with Crippen LogP contribution >= 0.6 is 11.3 Å². The summed E-state index contributed by atoms with van der Waals surface area (Å²) >= 11 is 1.19. The molecule has 0 N–H and O–H groups in total. The molecule has 0 spiro atoms. The zero-order valence-corrected chi connectivity index (χ0v) is 10.8. The number of halogens is 1. The lowest BCUT2D eigenvalue weighted by Crippen LogP contribution is -2.25. The lowest BCUT2D eigenvalue weighted by Gasteiger charge is -2.10. The van der Waals surface area contributed by atoms with Gasteiger partial charge in [-0.05, 0) is 26.0 Å². The Morgan fingerprint density at radius 3 is 3.00 bits per heavy atom. The number of carbonyl (C=O) groups excluding carboxylic acids is 1. The van der Waals surface area contributed by atoms with E-state index in [-0.39, 0.29) is 10.7 Å².